The first kappa shape index (κ1) is 20.6. The summed E-state index contributed by atoms with van der Waals surface area (Å²) < 4.78 is 33.4. The smallest absolute Gasteiger partial charge is 0.263 e. The summed E-state index contributed by atoms with van der Waals surface area (Å²) in [4.78, 5) is 16.9. The molecule has 3 N–H and O–H groups in total. The minimum absolute atomic E-state index is 0.0847. The first-order chi connectivity index (χ1) is 14.8. The zero-order valence-electron chi connectivity index (χ0n) is 16.2. The van der Waals surface area contributed by atoms with Gasteiger partial charge in [0.2, 0.25) is 0 Å². The number of ether oxygens (including phenoxy) is 1. The Balaban J connectivity index is 1.54. The summed E-state index contributed by atoms with van der Waals surface area (Å²) in [7, 11) is -2.31. The van der Waals surface area contributed by atoms with Gasteiger partial charge in [-0.05, 0) is 66.7 Å². The molecule has 4 rings (SSSR count). The number of nitrogens with zero attached hydrogens (tertiary/aromatic N) is 1. The monoisotopic (exact) mass is 455 g/mol. The van der Waals surface area contributed by atoms with Gasteiger partial charge in [0.1, 0.15) is 11.5 Å². The summed E-state index contributed by atoms with van der Waals surface area (Å²) in [6.07, 6.45) is 0. The Morgan fingerprint density at radius 1 is 1.03 bits per heavy atom. The molecule has 0 saturated carbocycles. The number of fused-ring (bicyclic) bond motifs is 1. The van der Waals surface area contributed by atoms with Crippen molar-refractivity contribution >= 4 is 48.3 Å². The molecule has 4 aromatic rings. The topological polar surface area (TPSA) is 118 Å². The van der Waals surface area contributed by atoms with Gasteiger partial charge in [-0.3, -0.25) is 9.52 Å². The van der Waals surface area contributed by atoms with Gasteiger partial charge in [-0.15, -0.1) is 0 Å². The predicted octanol–water partition coefficient (Wildman–Crippen LogP) is 4.06. The molecule has 0 aliphatic heterocycles. The maximum absolute atomic E-state index is 12.6. The molecule has 158 valence electrons. The van der Waals surface area contributed by atoms with Crippen molar-refractivity contribution in [1.29, 1.82) is 0 Å². The van der Waals surface area contributed by atoms with E-state index in [1.54, 1.807) is 42.5 Å². The molecule has 10 heteroatoms. The van der Waals surface area contributed by atoms with E-state index in [2.05, 4.69) is 15.0 Å². The van der Waals surface area contributed by atoms with Crippen LogP contribution in [0.2, 0.25) is 0 Å². The van der Waals surface area contributed by atoms with Gasteiger partial charge in [0.25, 0.3) is 15.9 Å². The van der Waals surface area contributed by atoms with E-state index in [0.29, 0.717) is 27.2 Å². The van der Waals surface area contributed by atoms with Gasteiger partial charge in [-0.2, -0.15) is 0 Å². The highest BCUT2D eigenvalue weighted by atomic mass is 32.2. The Labute approximate surface area is 182 Å². The average molecular weight is 456 g/mol. The summed E-state index contributed by atoms with van der Waals surface area (Å²) in [5.41, 5.74) is 1.51. The molecule has 0 radical (unpaired) electrons. The lowest BCUT2D eigenvalue weighted by molar-refractivity contribution is 0.102. The van der Waals surface area contributed by atoms with Crippen LogP contribution in [-0.2, 0) is 10.0 Å². The van der Waals surface area contributed by atoms with Crippen molar-refractivity contribution in [2.75, 3.05) is 17.1 Å². The van der Waals surface area contributed by atoms with Crippen LogP contribution in [0.3, 0.4) is 0 Å². The van der Waals surface area contributed by atoms with E-state index in [1.807, 2.05) is 0 Å². The summed E-state index contributed by atoms with van der Waals surface area (Å²) in [5, 5.41) is 12.3. The number of thiazole rings is 1. The van der Waals surface area contributed by atoms with Crippen LogP contribution in [-0.4, -0.2) is 31.5 Å². The quantitative estimate of drug-likeness (QED) is 0.377. The van der Waals surface area contributed by atoms with E-state index in [9.17, 15) is 18.3 Å². The predicted molar refractivity (Wildman–Crippen MR) is 119 cm³/mol. The Kier molecular flexibility index (Phi) is 5.49. The van der Waals surface area contributed by atoms with E-state index in [4.69, 9.17) is 4.74 Å². The highest BCUT2D eigenvalue weighted by molar-refractivity contribution is 7.93. The molecule has 3 aromatic carbocycles. The molecule has 0 aliphatic rings. The molecule has 0 unspecified atom stereocenters. The number of carbonyl (C=O) groups excluding carboxylic acids is 1. The zero-order chi connectivity index (χ0) is 22.0. The number of nitrogens with one attached hydrogen (secondary N) is 2. The fourth-order valence-electron chi connectivity index (χ4n) is 2.79. The number of hydrogen-bond acceptors (Lipinski definition) is 7. The van der Waals surface area contributed by atoms with Crippen molar-refractivity contribution in [1.82, 2.24) is 4.98 Å². The third-order valence-corrected chi connectivity index (χ3v) is 6.78. The van der Waals surface area contributed by atoms with Gasteiger partial charge in [-0.1, -0.05) is 11.3 Å². The van der Waals surface area contributed by atoms with Gasteiger partial charge >= 0.3 is 0 Å². The number of amides is 1. The standard InChI is InChI=1S/C21H17N3O5S2/c1-29-16-7-9-17(10-8-16)31(27,28)24-21-23-18-11-2-13(12-19(18)30-21)20(26)22-14-3-5-15(25)6-4-14/h2-12,25H,1H3,(H,22,26)(H,23,24). The molecule has 8 nitrogen and oxygen atoms in total. The molecule has 1 heterocycles. The van der Waals surface area contributed by atoms with Crippen LogP contribution in [0, 0.1) is 0 Å². The highest BCUT2D eigenvalue weighted by Crippen LogP contribution is 2.29. The van der Waals surface area contributed by atoms with Crippen LogP contribution in [0.25, 0.3) is 10.2 Å². The van der Waals surface area contributed by atoms with Crippen LogP contribution >= 0.6 is 11.3 Å². The van der Waals surface area contributed by atoms with E-state index >= 15 is 0 Å². The minimum atomic E-state index is -3.81. The summed E-state index contributed by atoms with van der Waals surface area (Å²) in [6, 6.07) is 17.1. The van der Waals surface area contributed by atoms with Crippen LogP contribution in [0.1, 0.15) is 10.4 Å². The van der Waals surface area contributed by atoms with Gasteiger partial charge in [-0.25, -0.2) is 13.4 Å². The SMILES string of the molecule is COc1ccc(S(=O)(=O)Nc2nc3ccc(C(=O)Nc4ccc(O)cc4)cc3s2)cc1. The van der Waals surface area contributed by atoms with Gasteiger partial charge < -0.3 is 15.2 Å². The van der Waals surface area contributed by atoms with Crippen LogP contribution in [0.5, 0.6) is 11.5 Å². The molecule has 0 spiro atoms. The van der Waals surface area contributed by atoms with Gasteiger partial charge in [0.05, 0.1) is 22.2 Å². The fourth-order valence-corrected chi connectivity index (χ4v) is 4.93. The third-order valence-electron chi connectivity index (χ3n) is 4.37. The van der Waals surface area contributed by atoms with Crippen molar-refractivity contribution in [3.05, 3.63) is 72.3 Å². The van der Waals surface area contributed by atoms with Crippen LogP contribution < -0.4 is 14.8 Å². The Hall–Kier alpha value is -3.63. The maximum atomic E-state index is 12.6. The molecule has 0 saturated heterocycles. The van der Waals surface area contributed by atoms with Crippen molar-refractivity contribution in [3.63, 3.8) is 0 Å². The molecule has 31 heavy (non-hydrogen) atoms. The molecule has 1 amide bonds. The number of hydrogen-bond donors (Lipinski definition) is 3. The van der Waals surface area contributed by atoms with Crippen molar-refractivity contribution in [2.45, 2.75) is 4.90 Å². The number of benzene rings is 3. The fraction of sp³-hybridized carbons (Fsp3) is 0.0476. The number of phenols is 1. The first-order valence-corrected chi connectivity index (χ1v) is 11.3. The second-order valence-electron chi connectivity index (χ2n) is 6.48. The van der Waals surface area contributed by atoms with Gasteiger partial charge in [0, 0.05) is 11.3 Å². The highest BCUT2D eigenvalue weighted by Gasteiger charge is 2.17. The first-order valence-electron chi connectivity index (χ1n) is 9.02. The van der Waals surface area contributed by atoms with Crippen LogP contribution in [0.15, 0.2) is 71.6 Å². The second-order valence-corrected chi connectivity index (χ2v) is 9.20. The average Bonchev–Trinajstić information content (AvgIpc) is 3.16. The van der Waals surface area contributed by atoms with Crippen molar-refractivity contribution < 1.29 is 23.1 Å². The Morgan fingerprint density at radius 3 is 2.42 bits per heavy atom. The normalized spacial score (nSPS) is 11.3. The number of methoxy groups -OCH3 is 1. The Morgan fingerprint density at radius 2 is 1.74 bits per heavy atom. The lowest BCUT2D eigenvalue weighted by Gasteiger charge is -2.05. The molecular weight excluding hydrogens is 438 g/mol. The minimum Gasteiger partial charge on any atom is -0.508 e. The largest absolute Gasteiger partial charge is 0.508 e. The molecule has 0 aliphatic carbocycles. The molecule has 0 fully saturated rings. The number of aromatic hydroxyl groups is 1. The molecule has 1 aromatic heterocycles. The van der Waals surface area contributed by atoms with Crippen molar-refractivity contribution in [2.24, 2.45) is 0 Å². The summed E-state index contributed by atoms with van der Waals surface area (Å²) in [5.74, 6) is 0.326. The Bertz CT molecular complexity index is 1350. The lowest BCUT2D eigenvalue weighted by Crippen LogP contribution is -2.12. The maximum Gasteiger partial charge on any atom is 0.263 e. The van der Waals surface area contributed by atoms with E-state index in [1.165, 1.54) is 31.4 Å². The van der Waals surface area contributed by atoms with Gasteiger partial charge in [0.15, 0.2) is 5.13 Å². The molecular formula is C21H17N3O5S2. The van der Waals surface area contributed by atoms with Crippen LogP contribution in [0.4, 0.5) is 10.8 Å². The lowest BCUT2D eigenvalue weighted by atomic mass is 10.2. The molecule has 0 bridgehead atoms. The van der Waals surface area contributed by atoms with E-state index in [-0.39, 0.29) is 21.7 Å². The number of anilines is 2. The number of phenolic OH excluding ortho intramolecular Hbond substituents is 1. The van der Waals surface area contributed by atoms with E-state index < -0.39 is 10.0 Å². The number of carbonyl (C=O) groups is 1. The summed E-state index contributed by atoms with van der Waals surface area (Å²) >= 11 is 1.13. The van der Waals surface area contributed by atoms with Crippen molar-refractivity contribution in [3.8, 4) is 11.5 Å². The number of sulfonamides is 1. The third kappa shape index (κ3) is 4.60. The number of aromatic nitrogens is 1. The molecule has 0 atom stereocenters. The number of rotatable bonds is 6. The summed E-state index contributed by atoms with van der Waals surface area (Å²) in [6.45, 7) is 0. The van der Waals surface area contributed by atoms with E-state index in [0.717, 1.165) is 11.3 Å². The second kappa shape index (κ2) is 8.25. The zero-order valence-corrected chi connectivity index (χ0v) is 17.8.